The van der Waals surface area contributed by atoms with E-state index in [0.29, 0.717) is 11.4 Å². The number of hydrogen-bond donors (Lipinski definition) is 1. The summed E-state index contributed by atoms with van der Waals surface area (Å²) in [6, 6.07) is 7.03. The minimum Gasteiger partial charge on any atom is -0.468 e. The molecule has 1 heterocycles. The predicted octanol–water partition coefficient (Wildman–Crippen LogP) is 1.87. The Labute approximate surface area is 110 Å². The van der Waals surface area contributed by atoms with Crippen molar-refractivity contribution in [1.29, 1.82) is 0 Å². The molecule has 1 atom stereocenters. The monoisotopic (exact) mass is 266 g/mol. The molecule has 0 fully saturated rings. The number of hydrogen-bond acceptors (Lipinski definition) is 3. The number of halogens is 1. The van der Waals surface area contributed by atoms with Crippen LogP contribution >= 0.6 is 11.6 Å². The zero-order chi connectivity index (χ0) is 13.3. The van der Waals surface area contributed by atoms with Gasteiger partial charge < -0.3 is 15.0 Å². The second-order valence-corrected chi connectivity index (χ2v) is 4.67. The molecular weight excluding hydrogens is 252 g/mol. The molecule has 0 aliphatic rings. The normalized spacial score (nSPS) is 12.7. The summed E-state index contributed by atoms with van der Waals surface area (Å²) in [7, 11) is 3.28. The van der Waals surface area contributed by atoms with Crippen LogP contribution in [0.25, 0.3) is 10.9 Å². The van der Waals surface area contributed by atoms with E-state index in [4.69, 9.17) is 17.3 Å². The average Bonchev–Trinajstić information content (AvgIpc) is 2.64. The Bertz CT molecular complexity index is 592. The Morgan fingerprint density at radius 3 is 2.89 bits per heavy atom. The number of carbonyl (C=O) groups is 1. The summed E-state index contributed by atoms with van der Waals surface area (Å²) in [5.41, 5.74) is 7.80. The molecule has 4 nitrogen and oxygen atoms in total. The molecule has 0 aliphatic carbocycles. The number of rotatable bonds is 3. The van der Waals surface area contributed by atoms with Crippen LogP contribution in [0.3, 0.4) is 0 Å². The summed E-state index contributed by atoms with van der Waals surface area (Å²) < 4.78 is 6.63. The lowest BCUT2D eigenvalue weighted by Gasteiger charge is -2.10. The molecular formula is C13H15ClN2O2. The van der Waals surface area contributed by atoms with Crippen LogP contribution in [0.5, 0.6) is 0 Å². The molecule has 1 aromatic heterocycles. The summed E-state index contributed by atoms with van der Waals surface area (Å²) in [5.74, 6) is -0.404. The van der Waals surface area contributed by atoms with Crippen molar-refractivity contribution in [1.82, 2.24) is 4.57 Å². The summed E-state index contributed by atoms with van der Waals surface area (Å²) in [6.07, 6.45) is 0.440. The quantitative estimate of drug-likeness (QED) is 0.863. The van der Waals surface area contributed by atoms with Crippen LogP contribution in [0.4, 0.5) is 0 Å². The number of nitrogens with two attached hydrogens (primary N) is 1. The largest absolute Gasteiger partial charge is 0.468 e. The molecule has 18 heavy (non-hydrogen) atoms. The van der Waals surface area contributed by atoms with Gasteiger partial charge in [-0.3, -0.25) is 4.79 Å². The molecule has 0 saturated heterocycles. The predicted molar refractivity (Wildman–Crippen MR) is 71.6 cm³/mol. The number of benzene rings is 1. The van der Waals surface area contributed by atoms with Crippen LogP contribution < -0.4 is 5.73 Å². The number of methoxy groups -OCH3 is 1. The number of esters is 1. The second kappa shape index (κ2) is 5.00. The van der Waals surface area contributed by atoms with Gasteiger partial charge in [-0.15, -0.1) is 0 Å². The van der Waals surface area contributed by atoms with Crippen molar-refractivity contribution < 1.29 is 9.53 Å². The lowest BCUT2D eigenvalue weighted by Crippen LogP contribution is -2.34. The van der Waals surface area contributed by atoms with Crippen molar-refractivity contribution in [2.45, 2.75) is 12.5 Å². The fourth-order valence-corrected chi connectivity index (χ4v) is 2.21. The molecule has 0 amide bonds. The third kappa shape index (κ3) is 2.35. The van der Waals surface area contributed by atoms with Gasteiger partial charge in [0.1, 0.15) is 6.04 Å². The second-order valence-electron chi connectivity index (χ2n) is 4.23. The topological polar surface area (TPSA) is 57.2 Å². The van der Waals surface area contributed by atoms with Gasteiger partial charge in [0.05, 0.1) is 7.11 Å². The van der Waals surface area contributed by atoms with Crippen molar-refractivity contribution in [3.8, 4) is 0 Å². The molecule has 1 aromatic carbocycles. The summed E-state index contributed by atoms with van der Waals surface area (Å²) in [6.45, 7) is 0. The van der Waals surface area contributed by atoms with Crippen molar-refractivity contribution in [3.05, 3.63) is 35.0 Å². The maximum absolute atomic E-state index is 11.3. The molecule has 0 radical (unpaired) electrons. The maximum Gasteiger partial charge on any atom is 0.323 e. The standard InChI is InChI=1S/C13H15ClN2O2/c1-16-10(7-11(15)13(17)18-2)6-8-5-9(14)3-4-12(8)16/h3-6,11H,7,15H2,1-2H3. The first-order valence-electron chi connectivity index (χ1n) is 5.60. The van der Waals surface area contributed by atoms with Crippen LogP contribution in [0.2, 0.25) is 5.02 Å². The van der Waals surface area contributed by atoms with E-state index >= 15 is 0 Å². The van der Waals surface area contributed by atoms with Gasteiger partial charge in [0, 0.05) is 35.1 Å². The summed E-state index contributed by atoms with van der Waals surface area (Å²) in [4.78, 5) is 11.3. The summed E-state index contributed by atoms with van der Waals surface area (Å²) >= 11 is 5.95. The Kier molecular flexibility index (Phi) is 3.59. The third-order valence-corrected chi connectivity index (χ3v) is 3.27. The third-order valence-electron chi connectivity index (χ3n) is 3.04. The number of fused-ring (bicyclic) bond motifs is 1. The van der Waals surface area contributed by atoms with Crippen LogP contribution in [0.1, 0.15) is 5.69 Å². The maximum atomic E-state index is 11.3. The van der Waals surface area contributed by atoms with Crippen LogP contribution in [0, 0.1) is 0 Å². The smallest absolute Gasteiger partial charge is 0.323 e. The molecule has 2 N–H and O–H groups in total. The van der Waals surface area contributed by atoms with Gasteiger partial charge in [0.15, 0.2) is 0 Å². The highest BCUT2D eigenvalue weighted by molar-refractivity contribution is 6.31. The van der Waals surface area contributed by atoms with Crippen LogP contribution in [-0.4, -0.2) is 23.7 Å². The Morgan fingerprint density at radius 1 is 1.50 bits per heavy atom. The fraction of sp³-hybridized carbons (Fsp3) is 0.308. The Morgan fingerprint density at radius 2 is 2.22 bits per heavy atom. The molecule has 5 heteroatoms. The number of aryl methyl sites for hydroxylation is 1. The molecule has 2 aromatic rings. The van der Waals surface area contributed by atoms with E-state index in [9.17, 15) is 4.79 Å². The Hall–Kier alpha value is -1.52. The van der Waals surface area contributed by atoms with Gasteiger partial charge >= 0.3 is 5.97 Å². The summed E-state index contributed by atoms with van der Waals surface area (Å²) in [5, 5.41) is 1.73. The van der Waals surface area contributed by atoms with E-state index < -0.39 is 12.0 Å². The number of carbonyl (C=O) groups excluding carboxylic acids is 1. The van der Waals surface area contributed by atoms with Gasteiger partial charge in [-0.2, -0.15) is 0 Å². The van der Waals surface area contributed by atoms with Gasteiger partial charge in [-0.05, 0) is 24.3 Å². The van der Waals surface area contributed by atoms with Crippen molar-refractivity contribution >= 4 is 28.5 Å². The first-order valence-corrected chi connectivity index (χ1v) is 5.98. The minimum atomic E-state index is -0.645. The lowest BCUT2D eigenvalue weighted by molar-refractivity contribution is -0.142. The molecule has 0 bridgehead atoms. The van der Waals surface area contributed by atoms with Gasteiger partial charge in [-0.25, -0.2) is 0 Å². The molecule has 0 aliphatic heterocycles. The van der Waals surface area contributed by atoms with Gasteiger partial charge in [0.2, 0.25) is 0 Å². The number of ether oxygens (including phenoxy) is 1. The highest BCUT2D eigenvalue weighted by Gasteiger charge is 2.17. The van der Waals surface area contributed by atoms with E-state index in [2.05, 4.69) is 4.74 Å². The van der Waals surface area contributed by atoms with E-state index in [1.807, 2.05) is 35.9 Å². The zero-order valence-corrected chi connectivity index (χ0v) is 11.1. The molecule has 1 unspecified atom stereocenters. The highest BCUT2D eigenvalue weighted by atomic mass is 35.5. The van der Waals surface area contributed by atoms with E-state index in [0.717, 1.165) is 16.6 Å². The van der Waals surface area contributed by atoms with Crippen molar-refractivity contribution in [2.24, 2.45) is 12.8 Å². The fourth-order valence-electron chi connectivity index (χ4n) is 2.03. The van der Waals surface area contributed by atoms with Gasteiger partial charge in [-0.1, -0.05) is 11.6 Å². The zero-order valence-electron chi connectivity index (χ0n) is 10.3. The minimum absolute atomic E-state index is 0.404. The molecule has 0 spiro atoms. The highest BCUT2D eigenvalue weighted by Crippen LogP contribution is 2.23. The van der Waals surface area contributed by atoms with E-state index in [1.165, 1.54) is 7.11 Å². The number of nitrogens with zero attached hydrogens (tertiary/aromatic N) is 1. The van der Waals surface area contributed by atoms with E-state index in [-0.39, 0.29) is 0 Å². The molecule has 2 rings (SSSR count). The molecule has 96 valence electrons. The van der Waals surface area contributed by atoms with Crippen LogP contribution in [-0.2, 0) is 23.0 Å². The number of aromatic nitrogens is 1. The van der Waals surface area contributed by atoms with Crippen LogP contribution in [0.15, 0.2) is 24.3 Å². The van der Waals surface area contributed by atoms with Crippen molar-refractivity contribution in [2.75, 3.05) is 7.11 Å². The van der Waals surface area contributed by atoms with Crippen molar-refractivity contribution in [3.63, 3.8) is 0 Å². The first kappa shape index (κ1) is 12.9. The molecule has 0 saturated carbocycles. The van der Waals surface area contributed by atoms with E-state index in [1.54, 1.807) is 0 Å². The van der Waals surface area contributed by atoms with Gasteiger partial charge in [0.25, 0.3) is 0 Å². The SMILES string of the molecule is COC(=O)C(N)Cc1cc2cc(Cl)ccc2n1C. The lowest BCUT2D eigenvalue weighted by atomic mass is 10.1. The Balaban J connectivity index is 2.34. The first-order chi connectivity index (χ1) is 8.52. The average molecular weight is 267 g/mol.